The first-order valence-corrected chi connectivity index (χ1v) is 7.18. The first-order valence-electron chi connectivity index (χ1n) is 7.18. The largest absolute Gasteiger partial charge is 0.313 e. The average molecular weight is 272 g/mol. The van der Waals surface area contributed by atoms with Crippen molar-refractivity contribution in [1.29, 1.82) is 0 Å². The molecule has 1 heterocycles. The van der Waals surface area contributed by atoms with Gasteiger partial charge >= 0.3 is 0 Å². The molecule has 0 amide bonds. The Morgan fingerprint density at radius 1 is 1.20 bits per heavy atom. The van der Waals surface area contributed by atoms with Gasteiger partial charge in [-0.3, -0.25) is 4.68 Å². The fourth-order valence-corrected chi connectivity index (χ4v) is 2.21. The molecule has 0 aliphatic carbocycles. The van der Waals surface area contributed by atoms with Crippen molar-refractivity contribution in [2.24, 2.45) is 0 Å². The molecule has 4 nitrogen and oxygen atoms in total. The van der Waals surface area contributed by atoms with Crippen LogP contribution in [0.2, 0.25) is 0 Å². The molecule has 1 N–H and O–H groups in total. The molecule has 1 aromatic heterocycles. The minimum Gasteiger partial charge on any atom is -0.313 e. The number of aromatic nitrogens is 2. The maximum Gasteiger partial charge on any atom is 0.0727 e. The van der Waals surface area contributed by atoms with Crippen LogP contribution in [0.5, 0.6) is 0 Å². The molecule has 108 valence electrons. The molecule has 2 rings (SSSR count). The van der Waals surface area contributed by atoms with E-state index in [1.54, 1.807) is 0 Å². The molecule has 0 unspecified atom stereocenters. The van der Waals surface area contributed by atoms with Crippen molar-refractivity contribution >= 4 is 0 Å². The van der Waals surface area contributed by atoms with Crippen molar-refractivity contribution in [3.05, 3.63) is 42.1 Å². The zero-order valence-corrected chi connectivity index (χ0v) is 12.6. The van der Waals surface area contributed by atoms with Gasteiger partial charge in [0.2, 0.25) is 0 Å². The first kappa shape index (κ1) is 14.8. The van der Waals surface area contributed by atoms with Gasteiger partial charge < -0.3 is 10.2 Å². The SMILES string of the molecule is CCNCc1cnn(CCN(C)C)c1-c1ccccc1. The molecule has 0 radical (unpaired) electrons. The highest BCUT2D eigenvalue weighted by molar-refractivity contribution is 5.63. The summed E-state index contributed by atoms with van der Waals surface area (Å²) < 4.78 is 2.11. The van der Waals surface area contributed by atoms with Gasteiger partial charge in [0.05, 0.1) is 18.4 Å². The van der Waals surface area contributed by atoms with Gasteiger partial charge in [0.1, 0.15) is 0 Å². The molecule has 0 spiro atoms. The minimum atomic E-state index is 0.864. The van der Waals surface area contributed by atoms with Gasteiger partial charge in [0.25, 0.3) is 0 Å². The van der Waals surface area contributed by atoms with E-state index in [4.69, 9.17) is 0 Å². The molecule has 0 aliphatic heterocycles. The molecule has 20 heavy (non-hydrogen) atoms. The highest BCUT2D eigenvalue weighted by Gasteiger charge is 2.12. The number of likely N-dealkylation sites (N-methyl/N-ethyl adjacent to an activating group) is 1. The number of nitrogens with one attached hydrogen (secondary N) is 1. The summed E-state index contributed by atoms with van der Waals surface area (Å²) in [6.45, 7) is 5.85. The third-order valence-corrected chi connectivity index (χ3v) is 3.29. The van der Waals surface area contributed by atoms with E-state index in [2.05, 4.69) is 65.3 Å². The van der Waals surface area contributed by atoms with E-state index < -0.39 is 0 Å². The lowest BCUT2D eigenvalue weighted by molar-refractivity contribution is 0.374. The van der Waals surface area contributed by atoms with Crippen LogP contribution in [0.25, 0.3) is 11.3 Å². The molecule has 0 aliphatic rings. The molecule has 2 aromatic rings. The topological polar surface area (TPSA) is 33.1 Å². The van der Waals surface area contributed by atoms with Crippen LogP contribution in [0, 0.1) is 0 Å². The molecule has 0 fully saturated rings. The second kappa shape index (κ2) is 7.22. The number of benzene rings is 1. The van der Waals surface area contributed by atoms with Crippen LogP contribution in [-0.4, -0.2) is 41.9 Å². The molecular weight excluding hydrogens is 248 g/mol. The van der Waals surface area contributed by atoms with Crippen LogP contribution < -0.4 is 5.32 Å². The Hall–Kier alpha value is -1.65. The first-order chi connectivity index (χ1) is 9.72. The van der Waals surface area contributed by atoms with Gasteiger partial charge in [-0.1, -0.05) is 37.3 Å². The van der Waals surface area contributed by atoms with Gasteiger partial charge in [0.15, 0.2) is 0 Å². The van der Waals surface area contributed by atoms with Crippen molar-refractivity contribution < 1.29 is 0 Å². The molecule has 0 saturated heterocycles. The Morgan fingerprint density at radius 3 is 2.60 bits per heavy atom. The number of hydrogen-bond donors (Lipinski definition) is 1. The molecular formula is C16H24N4. The summed E-state index contributed by atoms with van der Waals surface area (Å²) in [4.78, 5) is 2.18. The monoisotopic (exact) mass is 272 g/mol. The predicted octanol–water partition coefficient (Wildman–Crippen LogP) is 2.22. The maximum absolute atomic E-state index is 4.57. The van der Waals surface area contributed by atoms with Crippen LogP contribution in [0.3, 0.4) is 0 Å². The second-order valence-electron chi connectivity index (χ2n) is 5.19. The van der Waals surface area contributed by atoms with E-state index >= 15 is 0 Å². The minimum absolute atomic E-state index is 0.864. The normalized spacial score (nSPS) is 11.2. The van der Waals surface area contributed by atoms with Crippen LogP contribution in [0.1, 0.15) is 12.5 Å². The highest BCUT2D eigenvalue weighted by Crippen LogP contribution is 2.23. The highest BCUT2D eigenvalue weighted by atomic mass is 15.3. The van der Waals surface area contributed by atoms with Gasteiger partial charge in [-0.15, -0.1) is 0 Å². The molecule has 1 aromatic carbocycles. The van der Waals surface area contributed by atoms with Crippen LogP contribution in [-0.2, 0) is 13.1 Å². The summed E-state index contributed by atoms with van der Waals surface area (Å²) in [6.07, 6.45) is 1.99. The Morgan fingerprint density at radius 2 is 1.95 bits per heavy atom. The van der Waals surface area contributed by atoms with Gasteiger partial charge in [-0.25, -0.2) is 0 Å². The molecule has 0 bridgehead atoms. The zero-order chi connectivity index (χ0) is 14.4. The Balaban J connectivity index is 2.30. The summed E-state index contributed by atoms with van der Waals surface area (Å²) in [5.74, 6) is 0. The van der Waals surface area contributed by atoms with Crippen molar-refractivity contribution in [1.82, 2.24) is 20.0 Å². The standard InChI is InChI=1S/C16H24N4/c1-4-17-12-15-13-18-20(11-10-19(2)3)16(15)14-8-6-5-7-9-14/h5-9,13,17H,4,10-12H2,1-3H3. The molecule has 0 saturated carbocycles. The van der Waals surface area contributed by atoms with Crippen molar-refractivity contribution in [3.63, 3.8) is 0 Å². The van der Waals surface area contributed by atoms with Crippen LogP contribution >= 0.6 is 0 Å². The van der Waals surface area contributed by atoms with Gasteiger partial charge in [0, 0.05) is 24.2 Å². The fourth-order valence-electron chi connectivity index (χ4n) is 2.21. The van der Waals surface area contributed by atoms with Crippen molar-refractivity contribution in [2.45, 2.75) is 20.0 Å². The summed E-state index contributed by atoms with van der Waals surface area (Å²) in [7, 11) is 4.18. The number of nitrogens with zero attached hydrogens (tertiary/aromatic N) is 3. The Bertz CT molecular complexity index is 517. The summed E-state index contributed by atoms with van der Waals surface area (Å²) in [5.41, 5.74) is 3.72. The number of hydrogen-bond acceptors (Lipinski definition) is 3. The summed E-state index contributed by atoms with van der Waals surface area (Å²) in [5, 5.41) is 7.96. The van der Waals surface area contributed by atoms with Crippen molar-refractivity contribution in [2.75, 3.05) is 27.2 Å². The van der Waals surface area contributed by atoms with E-state index in [9.17, 15) is 0 Å². The third-order valence-electron chi connectivity index (χ3n) is 3.29. The molecule has 4 heteroatoms. The van der Waals surface area contributed by atoms with Gasteiger partial charge in [-0.05, 0) is 20.6 Å². The summed E-state index contributed by atoms with van der Waals surface area (Å²) in [6, 6.07) is 10.5. The van der Waals surface area contributed by atoms with E-state index in [0.717, 1.165) is 26.2 Å². The Kier molecular flexibility index (Phi) is 5.32. The van der Waals surface area contributed by atoms with E-state index in [-0.39, 0.29) is 0 Å². The molecule has 0 atom stereocenters. The van der Waals surface area contributed by atoms with E-state index in [1.807, 2.05) is 12.3 Å². The smallest absolute Gasteiger partial charge is 0.0727 e. The van der Waals surface area contributed by atoms with E-state index in [0.29, 0.717) is 0 Å². The average Bonchev–Trinajstić information content (AvgIpc) is 2.86. The zero-order valence-electron chi connectivity index (χ0n) is 12.6. The van der Waals surface area contributed by atoms with Crippen LogP contribution in [0.15, 0.2) is 36.5 Å². The third kappa shape index (κ3) is 3.68. The second-order valence-corrected chi connectivity index (χ2v) is 5.19. The lowest BCUT2D eigenvalue weighted by atomic mass is 10.1. The Labute approximate surface area is 121 Å². The maximum atomic E-state index is 4.57. The van der Waals surface area contributed by atoms with Crippen LogP contribution in [0.4, 0.5) is 0 Å². The summed E-state index contributed by atoms with van der Waals surface area (Å²) >= 11 is 0. The number of rotatable bonds is 7. The quantitative estimate of drug-likeness (QED) is 0.839. The van der Waals surface area contributed by atoms with Crippen molar-refractivity contribution in [3.8, 4) is 11.3 Å². The fraction of sp³-hybridized carbons (Fsp3) is 0.438. The van der Waals surface area contributed by atoms with Gasteiger partial charge in [-0.2, -0.15) is 5.10 Å². The lowest BCUT2D eigenvalue weighted by Gasteiger charge is -2.13. The predicted molar refractivity (Wildman–Crippen MR) is 83.6 cm³/mol. The lowest BCUT2D eigenvalue weighted by Crippen LogP contribution is -2.19. The van der Waals surface area contributed by atoms with E-state index in [1.165, 1.54) is 16.8 Å².